The molecule has 3 aromatic heterocycles. The smallest absolute Gasteiger partial charge is 0.337 e. The zero-order valence-corrected chi connectivity index (χ0v) is 15.2. The van der Waals surface area contributed by atoms with Gasteiger partial charge in [0.05, 0.1) is 17.5 Å². The number of benzene rings is 1. The van der Waals surface area contributed by atoms with Crippen LogP contribution in [0.5, 0.6) is 0 Å². The molecule has 7 heteroatoms. The van der Waals surface area contributed by atoms with E-state index in [1.807, 2.05) is 37.3 Å². The molecule has 4 aromatic rings. The molecule has 134 valence electrons. The molecule has 1 N–H and O–H groups in total. The molecule has 1 aromatic carbocycles. The second-order valence-electron chi connectivity index (χ2n) is 6.19. The quantitative estimate of drug-likeness (QED) is 0.588. The average Bonchev–Trinajstić information content (AvgIpc) is 3.11. The van der Waals surface area contributed by atoms with Crippen LogP contribution in [0.15, 0.2) is 59.0 Å². The van der Waals surface area contributed by atoms with E-state index in [4.69, 9.17) is 0 Å². The topological polar surface area (TPSA) is 85.1 Å². The average molecular weight is 377 g/mol. The summed E-state index contributed by atoms with van der Waals surface area (Å²) in [7, 11) is 0. The Hall–Kier alpha value is -3.32. The third-order valence-electron chi connectivity index (χ3n) is 4.31. The molecule has 0 unspecified atom stereocenters. The third kappa shape index (κ3) is 3.13. The largest absolute Gasteiger partial charge is 0.478 e. The maximum Gasteiger partial charge on any atom is 0.337 e. The van der Waals surface area contributed by atoms with Crippen molar-refractivity contribution in [3.05, 3.63) is 81.2 Å². The van der Waals surface area contributed by atoms with Crippen LogP contribution in [-0.4, -0.2) is 25.6 Å². The highest BCUT2D eigenvalue weighted by molar-refractivity contribution is 7.17. The lowest BCUT2D eigenvalue weighted by molar-refractivity contribution is 0.0699. The fourth-order valence-corrected chi connectivity index (χ4v) is 3.82. The van der Waals surface area contributed by atoms with Crippen molar-refractivity contribution in [2.24, 2.45) is 0 Å². The number of aryl methyl sites for hydroxylation is 1. The second-order valence-corrected chi connectivity index (χ2v) is 7.05. The molecule has 0 saturated carbocycles. The van der Waals surface area contributed by atoms with Gasteiger partial charge in [-0.1, -0.05) is 29.8 Å². The van der Waals surface area contributed by atoms with Crippen LogP contribution in [0, 0.1) is 6.92 Å². The number of aromatic carboxylic acids is 1. The Morgan fingerprint density at radius 2 is 2.00 bits per heavy atom. The Morgan fingerprint density at radius 1 is 1.22 bits per heavy atom. The lowest BCUT2D eigenvalue weighted by atomic mass is 10.1. The first-order chi connectivity index (χ1) is 13.0. The van der Waals surface area contributed by atoms with E-state index in [2.05, 4.69) is 9.97 Å². The van der Waals surface area contributed by atoms with Crippen LogP contribution in [0.25, 0.3) is 21.6 Å². The van der Waals surface area contributed by atoms with Crippen molar-refractivity contribution in [2.75, 3.05) is 0 Å². The molecule has 27 heavy (non-hydrogen) atoms. The summed E-state index contributed by atoms with van der Waals surface area (Å²) in [6.45, 7) is 2.29. The monoisotopic (exact) mass is 377 g/mol. The van der Waals surface area contributed by atoms with Crippen molar-refractivity contribution in [1.82, 2.24) is 14.5 Å². The first-order valence-corrected chi connectivity index (χ1v) is 9.14. The molecule has 6 nitrogen and oxygen atoms in total. The number of rotatable bonds is 4. The number of pyridine rings is 1. The highest BCUT2D eigenvalue weighted by atomic mass is 32.1. The highest BCUT2D eigenvalue weighted by Crippen LogP contribution is 2.25. The molecule has 0 fully saturated rings. The fraction of sp³-hybridized carbons (Fsp3) is 0.100. The van der Waals surface area contributed by atoms with Gasteiger partial charge in [0.25, 0.3) is 5.56 Å². The standard InChI is InChI=1S/C20H15N3O3S/c1-12-4-6-13(7-5-12)10-23-17(14-3-2-8-21-9-14)22-18-16(19(23)24)15(11-27-18)20(25)26/h2-9,11H,10H2,1H3,(H,25,26). The maximum absolute atomic E-state index is 13.2. The normalized spacial score (nSPS) is 11.0. The number of fused-ring (bicyclic) bond motifs is 1. The highest BCUT2D eigenvalue weighted by Gasteiger charge is 2.20. The van der Waals surface area contributed by atoms with Crippen LogP contribution in [0.1, 0.15) is 21.5 Å². The molecular formula is C20H15N3O3S. The molecule has 0 aliphatic carbocycles. The summed E-state index contributed by atoms with van der Waals surface area (Å²) in [6, 6.07) is 11.5. The SMILES string of the molecule is Cc1ccc(Cn2c(-c3cccnc3)nc3scc(C(=O)O)c3c2=O)cc1. The molecule has 0 saturated heterocycles. The van der Waals surface area contributed by atoms with Gasteiger partial charge in [-0.25, -0.2) is 9.78 Å². The van der Waals surface area contributed by atoms with Gasteiger partial charge in [-0.3, -0.25) is 14.3 Å². The van der Waals surface area contributed by atoms with Gasteiger partial charge < -0.3 is 5.11 Å². The van der Waals surface area contributed by atoms with E-state index < -0.39 is 5.97 Å². The van der Waals surface area contributed by atoms with Gasteiger partial charge in [0, 0.05) is 23.3 Å². The van der Waals surface area contributed by atoms with Crippen molar-refractivity contribution in [3.63, 3.8) is 0 Å². The molecule has 4 rings (SSSR count). The van der Waals surface area contributed by atoms with Gasteiger partial charge in [0.1, 0.15) is 10.7 Å². The van der Waals surface area contributed by atoms with E-state index in [1.54, 1.807) is 18.5 Å². The fourth-order valence-electron chi connectivity index (χ4n) is 2.92. The van der Waals surface area contributed by atoms with Crippen molar-refractivity contribution < 1.29 is 9.90 Å². The Balaban J connectivity index is 1.98. The van der Waals surface area contributed by atoms with Crippen LogP contribution < -0.4 is 5.56 Å². The summed E-state index contributed by atoms with van der Waals surface area (Å²) in [5.74, 6) is -0.656. The Labute approximate surface area is 158 Å². The summed E-state index contributed by atoms with van der Waals surface area (Å²) < 4.78 is 1.52. The van der Waals surface area contributed by atoms with Crippen LogP contribution in [0.2, 0.25) is 0 Å². The lowest BCUT2D eigenvalue weighted by Crippen LogP contribution is -2.24. The van der Waals surface area contributed by atoms with E-state index in [1.165, 1.54) is 9.95 Å². The van der Waals surface area contributed by atoms with Crippen LogP contribution >= 0.6 is 11.3 Å². The number of hydrogen-bond acceptors (Lipinski definition) is 5. The molecule has 0 radical (unpaired) electrons. The number of aromatic nitrogens is 3. The van der Waals surface area contributed by atoms with E-state index in [9.17, 15) is 14.7 Å². The van der Waals surface area contributed by atoms with Gasteiger partial charge in [-0.05, 0) is 24.6 Å². The summed E-state index contributed by atoms with van der Waals surface area (Å²) in [5.41, 5.74) is 2.38. The Kier molecular flexibility index (Phi) is 4.29. The number of thiophene rings is 1. The van der Waals surface area contributed by atoms with Gasteiger partial charge >= 0.3 is 5.97 Å². The number of nitrogens with zero attached hydrogens (tertiary/aromatic N) is 3. The molecule has 0 aliphatic rings. The first kappa shape index (κ1) is 17.1. The zero-order chi connectivity index (χ0) is 19.0. The van der Waals surface area contributed by atoms with Gasteiger partial charge in [-0.15, -0.1) is 11.3 Å². The van der Waals surface area contributed by atoms with Crippen molar-refractivity contribution in [3.8, 4) is 11.4 Å². The summed E-state index contributed by atoms with van der Waals surface area (Å²) >= 11 is 1.16. The summed E-state index contributed by atoms with van der Waals surface area (Å²) in [5, 5.41) is 11.0. The number of carboxylic acid groups (broad SMARTS) is 1. The number of carbonyl (C=O) groups is 1. The summed E-state index contributed by atoms with van der Waals surface area (Å²) in [4.78, 5) is 33.9. The van der Waals surface area contributed by atoms with Crippen molar-refractivity contribution >= 4 is 27.5 Å². The minimum absolute atomic E-state index is 0.0112. The minimum Gasteiger partial charge on any atom is -0.478 e. The molecule has 3 heterocycles. The maximum atomic E-state index is 13.2. The van der Waals surface area contributed by atoms with Gasteiger partial charge in [-0.2, -0.15) is 0 Å². The van der Waals surface area contributed by atoms with Crippen LogP contribution in [-0.2, 0) is 6.54 Å². The second kappa shape index (κ2) is 6.77. The van der Waals surface area contributed by atoms with E-state index >= 15 is 0 Å². The molecule has 0 aliphatic heterocycles. The van der Waals surface area contributed by atoms with E-state index in [0.29, 0.717) is 22.8 Å². The molecular weight excluding hydrogens is 362 g/mol. The number of carboxylic acids is 1. The number of hydrogen-bond donors (Lipinski definition) is 1. The summed E-state index contributed by atoms with van der Waals surface area (Å²) in [6.07, 6.45) is 3.29. The Morgan fingerprint density at radius 3 is 2.67 bits per heavy atom. The predicted octanol–water partition coefficient (Wildman–Crippen LogP) is 3.57. The first-order valence-electron chi connectivity index (χ1n) is 8.26. The lowest BCUT2D eigenvalue weighted by Gasteiger charge is -2.13. The van der Waals surface area contributed by atoms with Gasteiger partial charge in [0.15, 0.2) is 0 Å². The Bertz CT molecular complexity index is 1200. The van der Waals surface area contributed by atoms with E-state index in [0.717, 1.165) is 22.5 Å². The molecule has 0 atom stereocenters. The van der Waals surface area contributed by atoms with Crippen molar-refractivity contribution in [1.29, 1.82) is 0 Å². The van der Waals surface area contributed by atoms with Gasteiger partial charge in [0.2, 0.25) is 0 Å². The molecule has 0 bridgehead atoms. The minimum atomic E-state index is -1.13. The van der Waals surface area contributed by atoms with E-state index in [-0.39, 0.29) is 16.5 Å². The predicted molar refractivity (Wildman–Crippen MR) is 104 cm³/mol. The molecule has 0 spiro atoms. The third-order valence-corrected chi connectivity index (χ3v) is 5.18. The van der Waals surface area contributed by atoms with Crippen LogP contribution in [0.4, 0.5) is 0 Å². The molecule has 0 amide bonds. The zero-order valence-electron chi connectivity index (χ0n) is 14.4. The van der Waals surface area contributed by atoms with Crippen molar-refractivity contribution in [2.45, 2.75) is 13.5 Å². The van der Waals surface area contributed by atoms with Crippen LogP contribution in [0.3, 0.4) is 0 Å².